The van der Waals surface area contributed by atoms with Gasteiger partial charge in [-0.25, -0.2) is 9.97 Å². The summed E-state index contributed by atoms with van der Waals surface area (Å²) in [6.45, 7) is 6.00. The van der Waals surface area contributed by atoms with E-state index in [1.54, 1.807) is 11.3 Å². The molecule has 0 radical (unpaired) electrons. The maximum Gasteiger partial charge on any atom is 0.129 e. The molecule has 0 amide bonds. The van der Waals surface area contributed by atoms with Gasteiger partial charge < -0.3 is 10.2 Å². The van der Waals surface area contributed by atoms with E-state index in [1.807, 2.05) is 12.6 Å². The summed E-state index contributed by atoms with van der Waals surface area (Å²) >= 11 is 1.63. The largest absolute Gasteiger partial charge is 0.354 e. The topological polar surface area (TPSA) is 41.1 Å². The first kappa shape index (κ1) is 14.9. The Hall–Kier alpha value is -1.46. The Balaban J connectivity index is 2.24. The molecule has 0 aliphatic heterocycles. The molecule has 4 nitrogen and oxygen atoms in total. The first-order valence-electron chi connectivity index (χ1n) is 6.83. The highest BCUT2D eigenvalue weighted by Crippen LogP contribution is 2.21. The van der Waals surface area contributed by atoms with Crippen molar-refractivity contribution in [3.05, 3.63) is 40.0 Å². The van der Waals surface area contributed by atoms with Crippen molar-refractivity contribution in [3.8, 4) is 0 Å². The van der Waals surface area contributed by atoms with Crippen LogP contribution in [0.5, 0.6) is 0 Å². The molecule has 2 aromatic rings. The van der Waals surface area contributed by atoms with Crippen LogP contribution in [0.3, 0.4) is 0 Å². The van der Waals surface area contributed by atoms with Crippen molar-refractivity contribution >= 4 is 17.2 Å². The van der Waals surface area contributed by atoms with Gasteiger partial charge in [-0.15, -0.1) is 11.3 Å². The van der Waals surface area contributed by atoms with Crippen molar-refractivity contribution < 1.29 is 0 Å². The normalized spacial score (nSPS) is 11.1. The lowest BCUT2D eigenvalue weighted by molar-refractivity contribution is 0.775. The number of thiazole rings is 1. The van der Waals surface area contributed by atoms with Crippen LogP contribution in [0.2, 0.25) is 0 Å². The van der Waals surface area contributed by atoms with E-state index in [4.69, 9.17) is 4.98 Å². The van der Waals surface area contributed by atoms with Gasteiger partial charge in [0.15, 0.2) is 0 Å². The average Bonchev–Trinajstić information content (AvgIpc) is 2.91. The Morgan fingerprint density at radius 3 is 2.75 bits per heavy atom. The monoisotopic (exact) mass is 290 g/mol. The number of pyridine rings is 1. The molecule has 2 aromatic heterocycles. The predicted molar refractivity (Wildman–Crippen MR) is 85.3 cm³/mol. The van der Waals surface area contributed by atoms with E-state index < -0.39 is 0 Å². The Morgan fingerprint density at radius 1 is 1.35 bits per heavy atom. The van der Waals surface area contributed by atoms with Crippen molar-refractivity contribution in [2.24, 2.45) is 0 Å². The second-order valence-corrected chi connectivity index (χ2v) is 6.00. The number of nitrogens with one attached hydrogen (secondary N) is 1. The third-order valence-corrected chi connectivity index (χ3v) is 3.77. The summed E-state index contributed by atoms with van der Waals surface area (Å²) < 4.78 is 0. The molecule has 0 unspecified atom stereocenters. The summed E-state index contributed by atoms with van der Waals surface area (Å²) in [5.74, 6) is 1.44. The van der Waals surface area contributed by atoms with Gasteiger partial charge in [-0.05, 0) is 30.7 Å². The zero-order valence-corrected chi connectivity index (χ0v) is 13.4. The lowest BCUT2D eigenvalue weighted by atomic mass is 10.1. The highest BCUT2D eigenvalue weighted by atomic mass is 32.1. The molecule has 0 aliphatic rings. The third kappa shape index (κ3) is 3.77. The number of aromatic nitrogens is 2. The van der Waals surface area contributed by atoms with E-state index >= 15 is 0 Å². The average molecular weight is 290 g/mol. The van der Waals surface area contributed by atoms with Crippen LogP contribution in [0.4, 0.5) is 5.82 Å². The van der Waals surface area contributed by atoms with Gasteiger partial charge in [-0.2, -0.15) is 0 Å². The molecule has 2 heterocycles. The summed E-state index contributed by atoms with van der Waals surface area (Å²) in [7, 11) is 4.03. The zero-order valence-electron chi connectivity index (χ0n) is 12.6. The number of anilines is 1. The summed E-state index contributed by atoms with van der Waals surface area (Å²) in [6.07, 6.45) is 0. The molecule has 20 heavy (non-hydrogen) atoms. The molecule has 0 atom stereocenters. The Kier molecular flexibility index (Phi) is 5.09. The molecule has 0 fully saturated rings. The van der Waals surface area contributed by atoms with Crippen LogP contribution >= 0.6 is 11.3 Å². The van der Waals surface area contributed by atoms with E-state index in [2.05, 4.69) is 53.6 Å². The molecule has 108 valence electrons. The van der Waals surface area contributed by atoms with Crippen molar-refractivity contribution in [3.63, 3.8) is 0 Å². The van der Waals surface area contributed by atoms with Crippen molar-refractivity contribution in [1.29, 1.82) is 0 Å². The number of nitrogens with zero attached hydrogens (tertiary/aromatic N) is 3. The number of hydrogen-bond donors (Lipinski definition) is 1. The molecule has 1 N–H and O–H groups in total. The minimum Gasteiger partial charge on any atom is -0.354 e. The predicted octanol–water partition coefficient (Wildman–Crippen LogP) is 3.02. The van der Waals surface area contributed by atoms with Crippen LogP contribution in [0, 0.1) is 0 Å². The fourth-order valence-electron chi connectivity index (χ4n) is 2.03. The van der Waals surface area contributed by atoms with Crippen LogP contribution in [-0.2, 0) is 13.1 Å². The quantitative estimate of drug-likeness (QED) is 0.888. The Morgan fingerprint density at radius 2 is 2.15 bits per heavy atom. The Labute approximate surface area is 124 Å². The molecule has 0 spiro atoms. The fraction of sp³-hybridized carbons (Fsp3) is 0.467. The smallest absolute Gasteiger partial charge is 0.129 e. The first-order chi connectivity index (χ1) is 9.60. The maximum absolute atomic E-state index is 4.77. The molecular formula is C15H22N4S. The van der Waals surface area contributed by atoms with E-state index in [9.17, 15) is 0 Å². The van der Waals surface area contributed by atoms with Crippen LogP contribution < -0.4 is 10.2 Å². The number of hydrogen-bond acceptors (Lipinski definition) is 5. The molecule has 0 bridgehead atoms. The highest BCUT2D eigenvalue weighted by Gasteiger charge is 2.10. The maximum atomic E-state index is 4.77. The van der Waals surface area contributed by atoms with Gasteiger partial charge in [0, 0.05) is 24.7 Å². The van der Waals surface area contributed by atoms with Crippen LogP contribution in [0.1, 0.15) is 36.7 Å². The van der Waals surface area contributed by atoms with Crippen LogP contribution in [-0.4, -0.2) is 24.1 Å². The minimum atomic E-state index is 0.429. The second kappa shape index (κ2) is 6.81. The van der Waals surface area contributed by atoms with Gasteiger partial charge in [0.25, 0.3) is 0 Å². The van der Waals surface area contributed by atoms with Gasteiger partial charge in [0.2, 0.25) is 0 Å². The molecule has 2 rings (SSSR count). The van der Waals surface area contributed by atoms with Gasteiger partial charge >= 0.3 is 0 Å². The molecular weight excluding hydrogens is 268 g/mol. The lowest BCUT2D eigenvalue weighted by Gasteiger charge is -2.20. The molecule has 5 heteroatoms. The van der Waals surface area contributed by atoms with E-state index in [1.165, 1.54) is 5.56 Å². The SMILES string of the molecule is CNCc1cc(C(C)C)nc(N(C)Cc2cscn2)c1. The summed E-state index contributed by atoms with van der Waals surface area (Å²) in [4.78, 5) is 11.3. The van der Waals surface area contributed by atoms with Crippen molar-refractivity contribution in [2.45, 2.75) is 32.9 Å². The van der Waals surface area contributed by atoms with Crippen LogP contribution in [0.15, 0.2) is 23.0 Å². The number of rotatable bonds is 6. The summed E-state index contributed by atoms with van der Waals surface area (Å²) in [6, 6.07) is 4.33. The van der Waals surface area contributed by atoms with Crippen molar-refractivity contribution in [1.82, 2.24) is 15.3 Å². The second-order valence-electron chi connectivity index (χ2n) is 5.28. The molecule has 0 saturated heterocycles. The standard InChI is InChI=1S/C15H22N4S/c1-11(2)14-5-12(7-16-3)6-15(18-14)19(4)8-13-9-20-10-17-13/h5-6,9-11,16H,7-8H2,1-4H3. The molecule has 0 aliphatic carbocycles. The molecule has 0 saturated carbocycles. The minimum absolute atomic E-state index is 0.429. The zero-order chi connectivity index (χ0) is 14.5. The van der Waals surface area contributed by atoms with E-state index in [-0.39, 0.29) is 0 Å². The van der Waals surface area contributed by atoms with E-state index in [0.717, 1.165) is 30.3 Å². The third-order valence-electron chi connectivity index (χ3n) is 3.14. The van der Waals surface area contributed by atoms with Gasteiger partial charge in [0.05, 0.1) is 17.7 Å². The fourth-order valence-corrected chi connectivity index (χ4v) is 2.58. The molecule has 0 aromatic carbocycles. The first-order valence-corrected chi connectivity index (χ1v) is 7.78. The lowest BCUT2D eigenvalue weighted by Crippen LogP contribution is -2.19. The van der Waals surface area contributed by atoms with Gasteiger partial charge in [-0.1, -0.05) is 13.8 Å². The summed E-state index contributed by atoms with van der Waals surface area (Å²) in [5.41, 5.74) is 5.36. The van der Waals surface area contributed by atoms with Crippen LogP contribution in [0.25, 0.3) is 0 Å². The van der Waals surface area contributed by atoms with E-state index in [0.29, 0.717) is 5.92 Å². The van der Waals surface area contributed by atoms with Gasteiger partial charge in [0.1, 0.15) is 5.82 Å². The van der Waals surface area contributed by atoms with Crippen molar-refractivity contribution in [2.75, 3.05) is 19.0 Å². The van der Waals surface area contributed by atoms with Gasteiger partial charge in [-0.3, -0.25) is 0 Å². The summed E-state index contributed by atoms with van der Waals surface area (Å²) in [5, 5.41) is 5.29. The Bertz CT molecular complexity index is 537. The highest BCUT2D eigenvalue weighted by molar-refractivity contribution is 7.07.